The SMILES string of the molecule is Cc1sc2cc3c(cc2c(=O)c1NC(=O)C(=O)O)CCC3. The number of aliphatic carboxylic acids is 1. The van der Waals surface area contributed by atoms with Crippen LogP contribution in [0, 0.1) is 6.92 Å². The van der Waals surface area contributed by atoms with Gasteiger partial charge in [-0.2, -0.15) is 0 Å². The Hall–Kier alpha value is -2.21. The summed E-state index contributed by atoms with van der Waals surface area (Å²) in [7, 11) is 0. The summed E-state index contributed by atoms with van der Waals surface area (Å²) in [4.78, 5) is 35.0. The molecular formula is C15H13NO4S. The Balaban J connectivity index is 2.19. The summed E-state index contributed by atoms with van der Waals surface area (Å²) in [6.07, 6.45) is 3.08. The molecule has 6 heteroatoms. The van der Waals surface area contributed by atoms with Crippen molar-refractivity contribution in [2.75, 3.05) is 5.32 Å². The highest BCUT2D eigenvalue weighted by Gasteiger charge is 2.19. The van der Waals surface area contributed by atoms with Crippen LogP contribution in [-0.2, 0) is 22.4 Å². The van der Waals surface area contributed by atoms with E-state index in [2.05, 4.69) is 5.32 Å². The molecule has 0 unspecified atom stereocenters. The van der Waals surface area contributed by atoms with Crippen molar-refractivity contribution in [3.63, 3.8) is 0 Å². The van der Waals surface area contributed by atoms with Crippen LogP contribution < -0.4 is 10.7 Å². The number of fused-ring (bicyclic) bond motifs is 2. The molecule has 0 saturated carbocycles. The Morgan fingerprint density at radius 3 is 2.57 bits per heavy atom. The van der Waals surface area contributed by atoms with Gasteiger partial charge < -0.3 is 10.4 Å². The minimum absolute atomic E-state index is 0.0675. The van der Waals surface area contributed by atoms with Gasteiger partial charge in [0.2, 0.25) is 5.43 Å². The third kappa shape index (κ3) is 2.31. The molecule has 2 aromatic rings. The number of carboxylic acid groups (broad SMARTS) is 1. The first kappa shape index (κ1) is 13.8. The number of nitrogens with one attached hydrogen (secondary N) is 1. The van der Waals surface area contributed by atoms with E-state index >= 15 is 0 Å². The number of carbonyl (C=O) groups is 2. The van der Waals surface area contributed by atoms with Crippen molar-refractivity contribution in [1.29, 1.82) is 0 Å². The zero-order chi connectivity index (χ0) is 15.1. The van der Waals surface area contributed by atoms with Crippen LogP contribution in [0.4, 0.5) is 5.69 Å². The van der Waals surface area contributed by atoms with Gasteiger partial charge in [0.1, 0.15) is 5.69 Å². The normalized spacial score (nSPS) is 13.2. The smallest absolute Gasteiger partial charge is 0.394 e. The van der Waals surface area contributed by atoms with Crippen LogP contribution >= 0.6 is 11.3 Å². The maximum atomic E-state index is 12.5. The lowest BCUT2D eigenvalue weighted by molar-refractivity contribution is -0.147. The standard InChI is InChI=1S/C15H13NO4S/c1-7-12(16-14(18)15(19)20)13(17)10-5-8-3-2-4-9(8)6-11(10)21-7/h5-6H,2-4H2,1H3,(H,16,18)(H,19,20). The number of rotatable bonds is 1. The van der Waals surface area contributed by atoms with Gasteiger partial charge in [-0.05, 0) is 49.4 Å². The minimum Gasteiger partial charge on any atom is -0.474 e. The molecule has 0 radical (unpaired) electrons. The van der Waals surface area contributed by atoms with Crippen molar-refractivity contribution < 1.29 is 14.7 Å². The summed E-state index contributed by atoms with van der Waals surface area (Å²) in [6, 6.07) is 3.92. The predicted molar refractivity (Wildman–Crippen MR) is 81.1 cm³/mol. The van der Waals surface area contributed by atoms with E-state index in [-0.39, 0.29) is 11.1 Å². The Kier molecular flexibility index (Phi) is 3.25. The second kappa shape index (κ2) is 4.96. The number of hydrogen-bond acceptors (Lipinski definition) is 4. The van der Waals surface area contributed by atoms with E-state index in [9.17, 15) is 14.4 Å². The van der Waals surface area contributed by atoms with Crippen LogP contribution in [0.15, 0.2) is 16.9 Å². The van der Waals surface area contributed by atoms with Gasteiger partial charge in [-0.25, -0.2) is 4.79 Å². The van der Waals surface area contributed by atoms with Crippen LogP contribution in [0.1, 0.15) is 22.4 Å². The molecule has 1 aromatic carbocycles. The first-order valence-corrected chi connectivity index (χ1v) is 7.42. The lowest BCUT2D eigenvalue weighted by atomic mass is 10.1. The summed E-state index contributed by atoms with van der Waals surface area (Å²) in [5.41, 5.74) is 2.20. The predicted octanol–water partition coefficient (Wildman–Crippen LogP) is 2.08. The average molecular weight is 303 g/mol. The van der Waals surface area contributed by atoms with Crippen LogP contribution in [0.3, 0.4) is 0 Å². The Morgan fingerprint density at radius 2 is 1.90 bits per heavy atom. The quantitative estimate of drug-likeness (QED) is 0.790. The summed E-state index contributed by atoms with van der Waals surface area (Å²) in [6.45, 7) is 1.70. The van der Waals surface area contributed by atoms with E-state index < -0.39 is 11.9 Å². The van der Waals surface area contributed by atoms with Crippen LogP contribution in [0.25, 0.3) is 10.1 Å². The van der Waals surface area contributed by atoms with Gasteiger partial charge >= 0.3 is 11.9 Å². The molecule has 108 valence electrons. The van der Waals surface area contributed by atoms with Gasteiger partial charge in [-0.15, -0.1) is 11.3 Å². The Morgan fingerprint density at radius 1 is 1.24 bits per heavy atom. The van der Waals surface area contributed by atoms with Gasteiger partial charge in [-0.3, -0.25) is 9.59 Å². The minimum atomic E-state index is -1.60. The number of amides is 1. The molecule has 0 bridgehead atoms. The summed E-state index contributed by atoms with van der Waals surface area (Å²) >= 11 is 1.39. The van der Waals surface area contributed by atoms with Gasteiger partial charge in [0.05, 0.1) is 0 Å². The average Bonchev–Trinajstić information content (AvgIpc) is 2.88. The lowest BCUT2D eigenvalue weighted by Crippen LogP contribution is -2.25. The van der Waals surface area contributed by atoms with E-state index in [1.807, 2.05) is 12.1 Å². The van der Waals surface area contributed by atoms with Crippen LogP contribution in [0.5, 0.6) is 0 Å². The largest absolute Gasteiger partial charge is 0.474 e. The Labute approximate surface area is 124 Å². The second-order valence-electron chi connectivity index (χ2n) is 5.09. The summed E-state index contributed by atoms with van der Waals surface area (Å²) < 4.78 is 0.881. The molecule has 3 rings (SSSR count). The van der Waals surface area contributed by atoms with Crippen molar-refractivity contribution in [2.24, 2.45) is 0 Å². The molecule has 1 aliphatic rings. The van der Waals surface area contributed by atoms with Crippen molar-refractivity contribution in [2.45, 2.75) is 26.2 Å². The summed E-state index contributed by atoms with van der Waals surface area (Å²) in [5.74, 6) is -2.80. The Bertz CT molecular complexity index is 838. The third-order valence-electron chi connectivity index (χ3n) is 3.71. The number of aryl methyl sites for hydroxylation is 3. The van der Waals surface area contributed by atoms with E-state index in [0.29, 0.717) is 10.3 Å². The maximum Gasteiger partial charge on any atom is 0.394 e. The third-order valence-corrected chi connectivity index (χ3v) is 4.78. The second-order valence-corrected chi connectivity index (χ2v) is 6.35. The first-order valence-electron chi connectivity index (χ1n) is 6.61. The van der Waals surface area contributed by atoms with Crippen molar-refractivity contribution in [3.8, 4) is 0 Å². The van der Waals surface area contributed by atoms with Gasteiger partial charge in [0.15, 0.2) is 0 Å². The highest BCUT2D eigenvalue weighted by atomic mass is 32.1. The highest BCUT2D eigenvalue weighted by molar-refractivity contribution is 7.18. The molecule has 1 aromatic heterocycles. The number of benzene rings is 1. The van der Waals surface area contributed by atoms with E-state index in [1.165, 1.54) is 22.5 Å². The van der Waals surface area contributed by atoms with Crippen molar-refractivity contribution in [1.82, 2.24) is 0 Å². The van der Waals surface area contributed by atoms with Crippen molar-refractivity contribution in [3.05, 3.63) is 38.4 Å². The zero-order valence-corrected chi connectivity index (χ0v) is 12.2. The zero-order valence-electron chi connectivity index (χ0n) is 11.4. The van der Waals surface area contributed by atoms with E-state index in [1.54, 1.807) is 6.92 Å². The molecule has 1 aliphatic carbocycles. The van der Waals surface area contributed by atoms with Crippen LogP contribution in [-0.4, -0.2) is 17.0 Å². The number of anilines is 1. The molecule has 21 heavy (non-hydrogen) atoms. The summed E-state index contributed by atoms with van der Waals surface area (Å²) in [5, 5.41) is 11.4. The fraction of sp³-hybridized carbons (Fsp3) is 0.267. The highest BCUT2D eigenvalue weighted by Crippen LogP contribution is 2.31. The molecule has 1 amide bonds. The number of hydrogen-bond donors (Lipinski definition) is 2. The lowest BCUT2D eigenvalue weighted by Gasteiger charge is -2.08. The topological polar surface area (TPSA) is 83.5 Å². The molecule has 0 saturated heterocycles. The number of carboxylic acids is 1. The molecule has 0 atom stereocenters. The van der Waals surface area contributed by atoms with E-state index in [4.69, 9.17) is 5.11 Å². The molecule has 0 fully saturated rings. The molecule has 0 aliphatic heterocycles. The van der Waals surface area contributed by atoms with E-state index in [0.717, 1.165) is 24.0 Å². The molecule has 2 N–H and O–H groups in total. The molecule has 5 nitrogen and oxygen atoms in total. The maximum absolute atomic E-state index is 12.5. The fourth-order valence-corrected chi connectivity index (χ4v) is 3.72. The monoisotopic (exact) mass is 303 g/mol. The van der Waals surface area contributed by atoms with Gasteiger partial charge in [0, 0.05) is 15.0 Å². The number of carbonyl (C=O) groups excluding carboxylic acids is 1. The van der Waals surface area contributed by atoms with Gasteiger partial charge in [0.25, 0.3) is 0 Å². The fourth-order valence-electron chi connectivity index (χ4n) is 2.69. The van der Waals surface area contributed by atoms with Crippen LogP contribution in [0.2, 0.25) is 0 Å². The van der Waals surface area contributed by atoms with Gasteiger partial charge in [-0.1, -0.05) is 0 Å². The van der Waals surface area contributed by atoms with Crippen molar-refractivity contribution >= 4 is 39.0 Å². The molecule has 0 spiro atoms. The first-order chi connectivity index (χ1) is 9.97. The molecular weight excluding hydrogens is 290 g/mol. The molecule has 1 heterocycles.